The average molecular weight is 375 g/mol. The molecule has 0 amide bonds. The topological polar surface area (TPSA) is 116 Å². The fraction of sp³-hybridized carbons (Fsp3) is 0.176. The number of carbonyl (C=O) groups is 1. The highest BCUT2D eigenvalue weighted by molar-refractivity contribution is 5.67. The molecule has 8 nitrogen and oxygen atoms in total. The molecule has 0 unspecified atom stereocenters. The van der Waals surface area contributed by atoms with E-state index in [1.807, 2.05) is 0 Å². The molecule has 0 bridgehead atoms. The summed E-state index contributed by atoms with van der Waals surface area (Å²) in [6, 6.07) is 8.79. The fourth-order valence-corrected chi connectivity index (χ4v) is 2.36. The van der Waals surface area contributed by atoms with Crippen LogP contribution in [0, 0.1) is 11.6 Å². The maximum atomic E-state index is 13.3. The number of halogens is 2. The van der Waals surface area contributed by atoms with Gasteiger partial charge in [0.05, 0.1) is 13.0 Å². The van der Waals surface area contributed by atoms with E-state index < -0.39 is 23.6 Å². The molecular weight excluding hydrogens is 360 g/mol. The summed E-state index contributed by atoms with van der Waals surface area (Å²) in [5.74, 6) is -1.89. The van der Waals surface area contributed by atoms with Crippen LogP contribution in [0.15, 0.2) is 42.5 Å². The maximum absolute atomic E-state index is 13.3. The molecule has 140 valence electrons. The Balaban J connectivity index is 1.74. The zero-order valence-corrected chi connectivity index (χ0v) is 13.9. The molecule has 0 fully saturated rings. The van der Waals surface area contributed by atoms with Gasteiger partial charge in [0.25, 0.3) is 0 Å². The first-order chi connectivity index (χ1) is 12.9. The summed E-state index contributed by atoms with van der Waals surface area (Å²) in [6.07, 6.45) is -0.218. The van der Waals surface area contributed by atoms with Crippen LogP contribution >= 0.6 is 0 Å². The molecule has 3 aromatic rings. The number of hydrogen-bond acceptors (Lipinski definition) is 6. The van der Waals surface area contributed by atoms with Gasteiger partial charge in [0.2, 0.25) is 5.82 Å². The Bertz CT molecular complexity index is 943. The molecular formula is C17H15F2N5O3. The molecule has 0 saturated heterocycles. The quantitative estimate of drug-likeness (QED) is 0.650. The molecule has 0 spiro atoms. The van der Waals surface area contributed by atoms with Crippen LogP contribution < -0.4 is 10.5 Å². The first-order valence-electron chi connectivity index (χ1n) is 7.88. The van der Waals surface area contributed by atoms with Crippen molar-refractivity contribution in [3.63, 3.8) is 0 Å². The Hall–Kier alpha value is -3.40. The van der Waals surface area contributed by atoms with Gasteiger partial charge in [-0.3, -0.25) is 4.79 Å². The van der Waals surface area contributed by atoms with E-state index in [0.29, 0.717) is 11.3 Å². The molecule has 1 heterocycles. The number of carboxylic acid groups (broad SMARTS) is 1. The van der Waals surface area contributed by atoms with Crippen molar-refractivity contribution in [1.82, 2.24) is 20.2 Å². The summed E-state index contributed by atoms with van der Waals surface area (Å²) >= 11 is 0. The number of tetrazole rings is 1. The third kappa shape index (κ3) is 5.05. The van der Waals surface area contributed by atoms with Gasteiger partial charge >= 0.3 is 5.97 Å². The van der Waals surface area contributed by atoms with Gasteiger partial charge in [-0.15, -0.1) is 10.2 Å². The zero-order chi connectivity index (χ0) is 19.4. The van der Waals surface area contributed by atoms with Gasteiger partial charge < -0.3 is 15.6 Å². The van der Waals surface area contributed by atoms with E-state index in [1.54, 1.807) is 24.3 Å². The first-order valence-corrected chi connectivity index (χ1v) is 7.88. The molecule has 1 aromatic heterocycles. The van der Waals surface area contributed by atoms with Gasteiger partial charge in [-0.05, 0) is 17.3 Å². The Labute approximate surface area is 152 Å². The molecule has 3 N–H and O–H groups in total. The minimum absolute atomic E-state index is 0.0147. The standard InChI is InChI=1S/C17H15F2N5O3/c18-11-5-12(19)7-15(6-11)27-14-3-1-2-10(4-14)17-21-23-24(22-17)9-13(20)8-16(25)26/h1-7,13H,8-9,20H2,(H,25,26)/t13-/m1/s1. The van der Waals surface area contributed by atoms with Crippen LogP contribution in [-0.2, 0) is 11.3 Å². The molecule has 0 aliphatic rings. The molecule has 0 radical (unpaired) electrons. The van der Waals surface area contributed by atoms with Crippen molar-refractivity contribution in [1.29, 1.82) is 0 Å². The van der Waals surface area contributed by atoms with Crippen LogP contribution in [0.25, 0.3) is 11.4 Å². The minimum Gasteiger partial charge on any atom is -0.481 e. The highest BCUT2D eigenvalue weighted by atomic mass is 19.1. The minimum atomic E-state index is -1.01. The summed E-state index contributed by atoms with van der Waals surface area (Å²) in [5, 5.41) is 20.6. The Kier molecular flexibility index (Phi) is 5.36. The fourth-order valence-electron chi connectivity index (χ4n) is 2.36. The lowest BCUT2D eigenvalue weighted by Crippen LogP contribution is -2.30. The van der Waals surface area contributed by atoms with E-state index >= 15 is 0 Å². The number of benzene rings is 2. The third-order valence-electron chi connectivity index (χ3n) is 3.45. The van der Waals surface area contributed by atoms with Gasteiger partial charge in [0, 0.05) is 29.8 Å². The monoisotopic (exact) mass is 375 g/mol. The van der Waals surface area contributed by atoms with Crippen molar-refractivity contribution in [3.05, 3.63) is 54.1 Å². The molecule has 2 aromatic carbocycles. The van der Waals surface area contributed by atoms with Crippen molar-refractivity contribution < 1.29 is 23.4 Å². The highest BCUT2D eigenvalue weighted by Crippen LogP contribution is 2.26. The summed E-state index contributed by atoms with van der Waals surface area (Å²) in [4.78, 5) is 11.9. The average Bonchev–Trinajstić information content (AvgIpc) is 3.01. The number of carboxylic acids is 1. The van der Waals surface area contributed by atoms with Crippen molar-refractivity contribution in [2.24, 2.45) is 5.73 Å². The summed E-state index contributed by atoms with van der Waals surface area (Å²) in [7, 11) is 0. The second-order valence-electron chi connectivity index (χ2n) is 5.76. The predicted molar refractivity (Wildman–Crippen MR) is 89.9 cm³/mol. The third-order valence-corrected chi connectivity index (χ3v) is 3.45. The molecule has 0 aliphatic heterocycles. The van der Waals surface area contributed by atoms with E-state index in [2.05, 4.69) is 15.4 Å². The Morgan fingerprint density at radius 1 is 1.19 bits per heavy atom. The van der Waals surface area contributed by atoms with Crippen LogP contribution in [0.4, 0.5) is 8.78 Å². The largest absolute Gasteiger partial charge is 0.481 e. The van der Waals surface area contributed by atoms with Gasteiger partial charge in [0.15, 0.2) is 0 Å². The van der Waals surface area contributed by atoms with Gasteiger partial charge in [-0.1, -0.05) is 12.1 Å². The van der Waals surface area contributed by atoms with E-state index in [4.69, 9.17) is 15.6 Å². The SMILES string of the molecule is N[C@H](CC(=O)O)Cn1nnc(-c2cccc(Oc3cc(F)cc(F)c3)c2)n1. The van der Waals surface area contributed by atoms with Gasteiger partial charge in [-0.25, -0.2) is 8.78 Å². The molecule has 10 heteroatoms. The van der Waals surface area contributed by atoms with Crippen LogP contribution in [0.2, 0.25) is 0 Å². The Morgan fingerprint density at radius 3 is 2.63 bits per heavy atom. The molecule has 27 heavy (non-hydrogen) atoms. The molecule has 0 aliphatic carbocycles. The zero-order valence-electron chi connectivity index (χ0n) is 13.9. The number of rotatable bonds is 7. The number of nitrogens with two attached hydrogens (primary N) is 1. The lowest BCUT2D eigenvalue weighted by molar-refractivity contribution is -0.137. The van der Waals surface area contributed by atoms with E-state index in [0.717, 1.165) is 18.2 Å². The smallest absolute Gasteiger partial charge is 0.304 e. The predicted octanol–water partition coefficient (Wildman–Crippen LogP) is 2.21. The highest BCUT2D eigenvalue weighted by Gasteiger charge is 2.13. The van der Waals surface area contributed by atoms with Gasteiger partial charge in [0.1, 0.15) is 23.1 Å². The molecule has 0 saturated carbocycles. The lowest BCUT2D eigenvalue weighted by Gasteiger charge is -2.07. The normalized spacial score (nSPS) is 12.0. The first kappa shape index (κ1) is 18.4. The van der Waals surface area contributed by atoms with E-state index in [1.165, 1.54) is 4.80 Å². The van der Waals surface area contributed by atoms with Crippen LogP contribution in [0.3, 0.4) is 0 Å². The van der Waals surface area contributed by atoms with Crippen molar-refractivity contribution in [2.75, 3.05) is 0 Å². The summed E-state index contributed by atoms with van der Waals surface area (Å²) in [5.41, 5.74) is 6.26. The summed E-state index contributed by atoms with van der Waals surface area (Å²) in [6.45, 7) is 0.0953. The van der Waals surface area contributed by atoms with Crippen molar-refractivity contribution >= 4 is 5.97 Å². The number of hydrogen-bond donors (Lipinski definition) is 2. The van der Waals surface area contributed by atoms with Crippen LogP contribution in [0.1, 0.15) is 6.42 Å². The molecule has 3 rings (SSSR count). The van der Waals surface area contributed by atoms with Gasteiger partial charge in [-0.2, -0.15) is 4.80 Å². The Morgan fingerprint density at radius 2 is 1.93 bits per heavy atom. The second kappa shape index (κ2) is 7.87. The number of nitrogens with zero attached hydrogens (tertiary/aromatic N) is 4. The number of aromatic nitrogens is 4. The van der Waals surface area contributed by atoms with E-state index in [-0.39, 0.29) is 24.5 Å². The van der Waals surface area contributed by atoms with E-state index in [9.17, 15) is 13.6 Å². The number of aliphatic carboxylic acids is 1. The van der Waals surface area contributed by atoms with Crippen LogP contribution in [0.5, 0.6) is 11.5 Å². The second-order valence-corrected chi connectivity index (χ2v) is 5.76. The molecule has 1 atom stereocenters. The maximum Gasteiger partial charge on any atom is 0.304 e. The van der Waals surface area contributed by atoms with Crippen molar-refractivity contribution in [3.8, 4) is 22.9 Å². The lowest BCUT2D eigenvalue weighted by atomic mass is 10.2. The summed E-state index contributed by atoms with van der Waals surface area (Å²) < 4.78 is 32.0. The van der Waals surface area contributed by atoms with Crippen LogP contribution in [-0.4, -0.2) is 37.3 Å². The van der Waals surface area contributed by atoms with Crippen molar-refractivity contribution in [2.45, 2.75) is 19.0 Å². The number of ether oxygens (including phenoxy) is 1.